The van der Waals surface area contributed by atoms with Gasteiger partial charge in [-0.1, -0.05) is 36.4 Å². The highest BCUT2D eigenvalue weighted by Crippen LogP contribution is 2.21. The molecule has 0 radical (unpaired) electrons. The van der Waals surface area contributed by atoms with Gasteiger partial charge in [-0.15, -0.1) is 0 Å². The Bertz CT molecular complexity index is 480. The third-order valence-electron chi connectivity index (χ3n) is 2.10. The molecule has 1 aromatic carbocycles. The minimum Gasteiger partial charge on any atom is -0.476 e. The van der Waals surface area contributed by atoms with Gasteiger partial charge < -0.3 is 5.11 Å². The number of pyridine rings is 1. The molecule has 3 nitrogen and oxygen atoms in total. The monoisotopic (exact) mass is 199 g/mol. The molecule has 0 aliphatic carbocycles. The predicted octanol–water partition coefficient (Wildman–Crippen LogP) is 2.45. The lowest BCUT2D eigenvalue weighted by molar-refractivity contribution is 0.0691. The van der Waals surface area contributed by atoms with Crippen LogP contribution in [0.5, 0.6) is 0 Å². The van der Waals surface area contributed by atoms with Gasteiger partial charge in [0.2, 0.25) is 0 Å². The van der Waals surface area contributed by atoms with Crippen LogP contribution in [0, 0.1) is 0 Å². The quantitative estimate of drug-likeness (QED) is 0.808. The van der Waals surface area contributed by atoms with Gasteiger partial charge in [-0.25, -0.2) is 9.78 Å². The van der Waals surface area contributed by atoms with Gasteiger partial charge in [0.15, 0.2) is 5.69 Å². The standard InChI is InChI=1S/C12H9NO2/c14-12(15)11-10(7-4-8-13-11)9-5-2-1-3-6-9/h1-8H,(H,14,15). The fraction of sp³-hybridized carbons (Fsp3) is 0. The van der Waals surface area contributed by atoms with Crippen molar-refractivity contribution in [1.82, 2.24) is 4.98 Å². The van der Waals surface area contributed by atoms with Crippen LogP contribution in [0.1, 0.15) is 10.5 Å². The first kappa shape index (κ1) is 9.40. The van der Waals surface area contributed by atoms with E-state index in [-0.39, 0.29) is 5.69 Å². The Morgan fingerprint density at radius 1 is 1.07 bits per heavy atom. The molecule has 2 aromatic rings. The largest absolute Gasteiger partial charge is 0.476 e. The summed E-state index contributed by atoms with van der Waals surface area (Å²) in [5, 5.41) is 8.96. The van der Waals surface area contributed by atoms with Crippen LogP contribution < -0.4 is 0 Å². The Morgan fingerprint density at radius 2 is 1.80 bits per heavy atom. The Hall–Kier alpha value is -2.16. The van der Waals surface area contributed by atoms with Crippen molar-refractivity contribution >= 4 is 5.97 Å². The minimum absolute atomic E-state index is 0.0868. The average Bonchev–Trinajstić information content (AvgIpc) is 2.30. The topological polar surface area (TPSA) is 50.2 Å². The van der Waals surface area contributed by atoms with Crippen LogP contribution in [0.15, 0.2) is 48.7 Å². The molecule has 74 valence electrons. The predicted molar refractivity (Wildman–Crippen MR) is 56.6 cm³/mol. The second kappa shape index (κ2) is 3.92. The summed E-state index contributed by atoms with van der Waals surface area (Å²) in [4.78, 5) is 14.8. The summed E-state index contributed by atoms with van der Waals surface area (Å²) in [6.45, 7) is 0. The highest BCUT2D eigenvalue weighted by molar-refractivity contribution is 5.93. The van der Waals surface area contributed by atoms with Crippen molar-refractivity contribution in [3.8, 4) is 11.1 Å². The number of benzene rings is 1. The molecule has 0 fully saturated rings. The lowest BCUT2D eigenvalue weighted by Crippen LogP contribution is -2.02. The molecule has 1 N–H and O–H groups in total. The maximum atomic E-state index is 10.9. The van der Waals surface area contributed by atoms with E-state index in [0.717, 1.165) is 5.56 Å². The highest BCUT2D eigenvalue weighted by Gasteiger charge is 2.11. The molecular weight excluding hydrogens is 190 g/mol. The van der Waals surface area contributed by atoms with Crippen LogP contribution in [-0.4, -0.2) is 16.1 Å². The third kappa shape index (κ3) is 1.86. The van der Waals surface area contributed by atoms with Crippen molar-refractivity contribution in [3.05, 3.63) is 54.4 Å². The van der Waals surface area contributed by atoms with Gasteiger partial charge >= 0.3 is 5.97 Å². The Balaban J connectivity index is 2.58. The van der Waals surface area contributed by atoms with Crippen molar-refractivity contribution in [1.29, 1.82) is 0 Å². The number of hydrogen-bond acceptors (Lipinski definition) is 2. The molecule has 15 heavy (non-hydrogen) atoms. The van der Waals surface area contributed by atoms with Crippen LogP contribution in [0.25, 0.3) is 11.1 Å². The van der Waals surface area contributed by atoms with Crippen molar-refractivity contribution in [2.45, 2.75) is 0 Å². The van der Waals surface area contributed by atoms with E-state index < -0.39 is 5.97 Å². The molecule has 0 saturated heterocycles. The summed E-state index contributed by atoms with van der Waals surface area (Å²) in [5.74, 6) is -1.01. The minimum atomic E-state index is -1.01. The maximum absolute atomic E-state index is 10.9. The first-order chi connectivity index (χ1) is 7.29. The Morgan fingerprint density at radius 3 is 2.47 bits per heavy atom. The number of hydrogen-bond donors (Lipinski definition) is 1. The van der Waals surface area contributed by atoms with Gasteiger partial charge in [0.1, 0.15) is 0 Å². The summed E-state index contributed by atoms with van der Waals surface area (Å²) in [6.07, 6.45) is 1.48. The average molecular weight is 199 g/mol. The first-order valence-corrected chi connectivity index (χ1v) is 4.53. The van der Waals surface area contributed by atoms with Crippen molar-refractivity contribution < 1.29 is 9.90 Å². The van der Waals surface area contributed by atoms with E-state index in [2.05, 4.69) is 4.98 Å². The number of nitrogens with zero attached hydrogens (tertiary/aromatic N) is 1. The zero-order chi connectivity index (χ0) is 10.7. The second-order valence-electron chi connectivity index (χ2n) is 3.07. The van der Waals surface area contributed by atoms with E-state index in [1.165, 1.54) is 6.20 Å². The first-order valence-electron chi connectivity index (χ1n) is 4.53. The summed E-state index contributed by atoms with van der Waals surface area (Å²) in [5.41, 5.74) is 1.59. The van der Waals surface area contributed by atoms with Crippen molar-refractivity contribution in [2.24, 2.45) is 0 Å². The zero-order valence-corrected chi connectivity index (χ0v) is 7.92. The summed E-state index contributed by atoms with van der Waals surface area (Å²) in [6, 6.07) is 12.8. The van der Waals surface area contributed by atoms with Crippen molar-refractivity contribution in [2.75, 3.05) is 0 Å². The van der Waals surface area contributed by atoms with Crippen LogP contribution in [-0.2, 0) is 0 Å². The SMILES string of the molecule is O=C(O)c1ncccc1-c1ccccc1. The van der Waals surface area contributed by atoms with E-state index in [9.17, 15) is 4.79 Å². The fourth-order valence-electron chi connectivity index (χ4n) is 1.43. The summed E-state index contributed by atoms with van der Waals surface area (Å²) in [7, 11) is 0. The summed E-state index contributed by atoms with van der Waals surface area (Å²) >= 11 is 0. The van der Waals surface area contributed by atoms with Crippen LogP contribution >= 0.6 is 0 Å². The van der Waals surface area contributed by atoms with E-state index in [1.54, 1.807) is 12.1 Å². The molecule has 0 aliphatic rings. The molecular formula is C12H9NO2. The molecule has 0 saturated carbocycles. The molecule has 3 heteroatoms. The van der Waals surface area contributed by atoms with Gasteiger partial charge in [0.05, 0.1) is 0 Å². The molecule has 0 amide bonds. The second-order valence-corrected chi connectivity index (χ2v) is 3.07. The maximum Gasteiger partial charge on any atom is 0.355 e. The molecule has 0 bridgehead atoms. The number of carboxylic acids is 1. The fourth-order valence-corrected chi connectivity index (χ4v) is 1.43. The Labute approximate surface area is 87.0 Å². The molecule has 0 atom stereocenters. The highest BCUT2D eigenvalue weighted by atomic mass is 16.4. The van der Waals surface area contributed by atoms with Crippen LogP contribution in [0.2, 0.25) is 0 Å². The van der Waals surface area contributed by atoms with Gasteiger partial charge in [0, 0.05) is 11.8 Å². The van der Waals surface area contributed by atoms with Crippen molar-refractivity contribution in [3.63, 3.8) is 0 Å². The van der Waals surface area contributed by atoms with Gasteiger partial charge in [-0.2, -0.15) is 0 Å². The third-order valence-corrected chi connectivity index (χ3v) is 2.10. The number of carboxylic acid groups (broad SMARTS) is 1. The van der Waals surface area contributed by atoms with Gasteiger partial charge in [0.25, 0.3) is 0 Å². The number of aromatic carboxylic acids is 1. The van der Waals surface area contributed by atoms with Gasteiger partial charge in [-0.05, 0) is 11.6 Å². The molecule has 1 heterocycles. The van der Waals surface area contributed by atoms with E-state index >= 15 is 0 Å². The number of aromatic nitrogens is 1. The Kier molecular flexibility index (Phi) is 2.46. The molecule has 0 spiro atoms. The molecule has 0 unspecified atom stereocenters. The molecule has 2 rings (SSSR count). The summed E-state index contributed by atoms with van der Waals surface area (Å²) < 4.78 is 0. The lowest BCUT2D eigenvalue weighted by atomic mass is 10.0. The normalized spacial score (nSPS) is 9.87. The van der Waals surface area contributed by atoms with Crippen LogP contribution in [0.3, 0.4) is 0 Å². The number of rotatable bonds is 2. The molecule has 0 aliphatic heterocycles. The lowest BCUT2D eigenvalue weighted by Gasteiger charge is -2.03. The smallest absolute Gasteiger partial charge is 0.355 e. The zero-order valence-electron chi connectivity index (χ0n) is 7.92. The van der Waals surface area contributed by atoms with Gasteiger partial charge in [-0.3, -0.25) is 0 Å². The van der Waals surface area contributed by atoms with E-state index in [4.69, 9.17) is 5.11 Å². The number of carbonyl (C=O) groups is 1. The van der Waals surface area contributed by atoms with E-state index in [0.29, 0.717) is 5.56 Å². The van der Waals surface area contributed by atoms with Crippen LogP contribution in [0.4, 0.5) is 0 Å². The van der Waals surface area contributed by atoms with E-state index in [1.807, 2.05) is 30.3 Å². The molecule has 1 aromatic heterocycles.